The Balaban J connectivity index is 2.14. The molecule has 110 valence electrons. The Morgan fingerprint density at radius 2 is 2.24 bits per heavy atom. The zero-order chi connectivity index (χ0) is 15.0. The Kier molecular flexibility index (Phi) is 3.73. The van der Waals surface area contributed by atoms with Gasteiger partial charge in [0.1, 0.15) is 23.1 Å². The van der Waals surface area contributed by atoms with Crippen LogP contribution in [0.25, 0.3) is 11.0 Å². The topological polar surface area (TPSA) is 52.2 Å². The number of fused-ring (bicyclic) bond motifs is 1. The van der Waals surface area contributed by atoms with E-state index in [9.17, 15) is 0 Å². The summed E-state index contributed by atoms with van der Waals surface area (Å²) in [6, 6.07) is 7.89. The van der Waals surface area contributed by atoms with Gasteiger partial charge in [0.2, 0.25) is 0 Å². The van der Waals surface area contributed by atoms with Gasteiger partial charge in [0.15, 0.2) is 5.75 Å². The SMILES string of the molecule is CNC(c1cc2cccc(Br)c2o1)c1c(OC)cnn1C. The molecule has 5 nitrogen and oxygen atoms in total. The number of aromatic nitrogens is 2. The van der Waals surface area contributed by atoms with Crippen LogP contribution < -0.4 is 10.1 Å². The molecule has 0 saturated carbocycles. The van der Waals surface area contributed by atoms with Gasteiger partial charge in [-0.05, 0) is 35.1 Å². The molecule has 0 fully saturated rings. The molecular formula is C15H16BrN3O2. The highest BCUT2D eigenvalue weighted by atomic mass is 79.9. The van der Waals surface area contributed by atoms with E-state index in [0.29, 0.717) is 0 Å². The number of rotatable bonds is 4. The second-order valence-electron chi connectivity index (χ2n) is 4.75. The fourth-order valence-corrected chi connectivity index (χ4v) is 2.98. The van der Waals surface area contributed by atoms with Gasteiger partial charge in [0.05, 0.1) is 17.8 Å². The summed E-state index contributed by atoms with van der Waals surface area (Å²) in [6.45, 7) is 0. The van der Waals surface area contributed by atoms with Crippen molar-refractivity contribution >= 4 is 26.9 Å². The van der Waals surface area contributed by atoms with Crippen LogP contribution in [0.2, 0.25) is 0 Å². The molecule has 0 aliphatic heterocycles. The van der Waals surface area contributed by atoms with E-state index in [2.05, 4.69) is 26.3 Å². The lowest BCUT2D eigenvalue weighted by Gasteiger charge is -2.15. The summed E-state index contributed by atoms with van der Waals surface area (Å²) >= 11 is 3.52. The molecule has 0 radical (unpaired) electrons. The number of nitrogens with one attached hydrogen (secondary N) is 1. The number of methoxy groups -OCH3 is 1. The number of benzene rings is 1. The van der Waals surface area contributed by atoms with E-state index >= 15 is 0 Å². The van der Waals surface area contributed by atoms with Crippen molar-refractivity contribution in [2.45, 2.75) is 6.04 Å². The van der Waals surface area contributed by atoms with Crippen molar-refractivity contribution in [2.24, 2.45) is 7.05 Å². The molecule has 3 aromatic rings. The first-order valence-electron chi connectivity index (χ1n) is 6.56. The van der Waals surface area contributed by atoms with Crippen LogP contribution in [0.5, 0.6) is 5.75 Å². The molecular weight excluding hydrogens is 334 g/mol. The molecule has 21 heavy (non-hydrogen) atoms. The van der Waals surface area contributed by atoms with Crippen LogP contribution in [0, 0.1) is 0 Å². The van der Waals surface area contributed by atoms with Gasteiger partial charge in [0.25, 0.3) is 0 Å². The Hall–Kier alpha value is -1.79. The number of furan rings is 1. The largest absolute Gasteiger partial charge is 0.493 e. The average molecular weight is 350 g/mol. The zero-order valence-electron chi connectivity index (χ0n) is 12.1. The van der Waals surface area contributed by atoms with E-state index < -0.39 is 0 Å². The van der Waals surface area contributed by atoms with Gasteiger partial charge in [-0.2, -0.15) is 5.10 Å². The standard InChI is InChI=1S/C15H16BrN3O2/c1-17-13(14-12(20-3)8-18-19(14)2)11-7-9-5-4-6-10(16)15(9)21-11/h4-8,13,17H,1-3H3. The molecule has 1 N–H and O–H groups in total. The molecule has 0 aliphatic carbocycles. The maximum absolute atomic E-state index is 6.02. The summed E-state index contributed by atoms with van der Waals surface area (Å²) in [5, 5.41) is 8.58. The maximum Gasteiger partial charge on any atom is 0.162 e. The van der Waals surface area contributed by atoms with Crippen molar-refractivity contribution in [1.29, 1.82) is 0 Å². The lowest BCUT2D eigenvalue weighted by Crippen LogP contribution is -2.20. The van der Waals surface area contributed by atoms with Crippen molar-refractivity contribution in [2.75, 3.05) is 14.2 Å². The molecule has 0 bridgehead atoms. The summed E-state index contributed by atoms with van der Waals surface area (Å²) in [4.78, 5) is 0. The van der Waals surface area contributed by atoms with Gasteiger partial charge in [-0.25, -0.2) is 0 Å². The van der Waals surface area contributed by atoms with Crippen LogP contribution in [-0.4, -0.2) is 23.9 Å². The summed E-state index contributed by atoms with van der Waals surface area (Å²) in [5.74, 6) is 1.55. The second kappa shape index (κ2) is 5.54. The maximum atomic E-state index is 6.02. The molecule has 6 heteroatoms. The van der Waals surface area contributed by atoms with Gasteiger partial charge in [0, 0.05) is 12.4 Å². The summed E-state index contributed by atoms with van der Waals surface area (Å²) in [6.07, 6.45) is 1.71. The molecule has 0 spiro atoms. The van der Waals surface area contributed by atoms with Crippen LogP contribution in [-0.2, 0) is 7.05 Å². The molecule has 1 aromatic carbocycles. The van der Waals surface area contributed by atoms with E-state index in [4.69, 9.17) is 9.15 Å². The second-order valence-corrected chi connectivity index (χ2v) is 5.60. The molecule has 0 amide bonds. The molecule has 1 unspecified atom stereocenters. The monoisotopic (exact) mass is 349 g/mol. The number of ether oxygens (including phenoxy) is 1. The van der Waals surface area contributed by atoms with Gasteiger partial charge in [-0.3, -0.25) is 4.68 Å². The predicted octanol–water partition coefficient (Wildman–Crippen LogP) is 3.25. The van der Waals surface area contributed by atoms with Crippen LogP contribution >= 0.6 is 15.9 Å². The third kappa shape index (κ3) is 2.34. The summed E-state index contributed by atoms with van der Waals surface area (Å²) in [7, 11) is 5.42. The minimum atomic E-state index is -0.133. The first kappa shape index (κ1) is 14.2. The predicted molar refractivity (Wildman–Crippen MR) is 84.6 cm³/mol. The molecule has 3 rings (SSSR count). The fraction of sp³-hybridized carbons (Fsp3) is 0.267. The molecule has 2 aromatic heterocycles. The molecule has 0 saturated heterocycles. The number of hydrogen-bond acceptors (Lipinski definition) is 4. The Bertz CT molecular complexity index is 778. The number of aryl methyl sites for hydroxylation is 1. The van der Waals surface area contributed by atoms with E-state index in [1.807, 2.05) is 38.4 Å². The smallest absolute Gasteiger partial charge is 0.162 e. The van der Waals surface area contributed by atoms with Crippen LogP contribution in [0.4, 0.5) is 0 Å². The van der Waals surface area contributed by atoms with E-state index in [-0.39, 0.29) is 6.04 Å². The third-order valence-electron chi connectivity index (χ3n) is 3.53. The van der Waals surface area contributed by atoms with Crippen molar-refractivity contribution in [3.05, 3.63) is 46.4 Å². The summed E-state index contributed by atoms with van der Waals surface area (Å²) in [5.41, 5.74) is 1.77. The van der Waals surface area contributed by atoms with Gasteiger partial charge < -0.3 is 14.5 Å². The van der Waals surface area contributed by atoms with Gasteiger partial charge in [-0.15, -0.1) is 0 Å². The van der Waals surface area contributed by atoms with E-state index in [1.165, 1.54) is 0 Å². The minimum Gasteiger partial charge on any atom is -0.493 e. The number of nitrogens with zero attached hydrogens (tertiary/aromatic N) is 2. The number of hydrogen-bond donors (Lipinski definition) is 1. The number of para-hydroxylation sites is 1. The van der Waals surface area contributed by atoms with Gasteiger partial charge >= 0.3 is 0 Å². The Morgan fingerprint density at radius 1 is 1.43 bits per heavy atom. The fourth-order valence-electron chi connectivity index (χ4n) is 2.52. The van der Waals surface area contributed by atoms with Gasteiger partial charge in [-0.1, -0.05) is 12.1 Å². The molecule has 0 aliphatic rings. The highest BCUT2D eigenvalue weighted by Gasteiger charge is 2.24. The van der Waals surface area contributed by atoms with E-state index in [1.54, 1.807) is 18.0 Å². The first-order valence-corrected chi connectivity index (χ1v) is 7.36. The van der Waals surface area contributed by atoms with E-state index in [0.717, 1.165) is 32.6 Å². The third-order valence-corrected chi connectivity index (χ3v) is 4.16. The van der Waals surface area contributed by atoms with Crippen molar-refractivity contribution in [3.8, 4) is 5.75 Å². The van der Waals surface area contributed by atoms with Crippen molar-refractivity contribution in [1.82, 2.24) is 15.1 Å². The highest BCUT2D eigenvalue weighted by molar-refractivity contribution is 9.10. The zero-order valence-corrected chi connectivity index (χ0v) is 13.6. The van der Waals surface area contributed by atoms with Crippen LogP contribution in [0.15, 0.2) is 39.4 Å². The molecule has 2 heterocycles. The van der Waals surface area contributed by atoms with Crippen LogP contribution in [0.1, 0.15) is 17.5 Å². The van der Waals surface area contributed by atoms with Crippen LogP contribution in [0.3, 0.4) is 0 Å². The average Bonchev–Trinajstić information content (AvgIpc) is 3.06. The Morgan fingerprint density at radius 3 is 2.90 bits per heavy atom. The first-order chi connectivity index (χ1) is 10.2. The highest BCUT2D eigenvalue weighted by Crippen LogP contribution is 2.34. The quantitative estimate of drug-likeness (QED) is 0.785. The summed E-state index contributed by atoms with van der Waals surface area (Å²) < 4.78 is 14.2. The lowest BCUT2D eigenvalue weighted by atomic mass is 10.1. The lowest BCUT2D eigenvalue weighted by molar-refractivity contribution is 0.394. The molecule has 1 atom stereocenters. The van der Waals surface area contributed by atoms with Crippen molar-refractivity contribution in [3.63, 3.8) is 0 Å². The van der Waals surface area contributed by atoms with Crippen molar-refractivity contribution < 1.29 is 9.15 Å². The normalized spacial score (nSPS) is 12.8. The Labute approximate surface area is 131 Å². The number of halogens is 1. The minimum absolute atomic E-state index is 0.133.